The van der Waals surface area contributed by atoms with Gasteiger partial charge in [-0.05, 0) is 43.2 Å². The number of alkyl halides is 2. The van der Waals surface area contributed by atoms with Crippen molar-refractivity contribution in [1.82, 2.24) is 20.8 Å². The highest BCUT2D eigenvalue weighted by molar-refractivity contribution is 5.99. The molecule has 3 aromatic rings. The zero-order valence-corrected chi connectivity index (χ0v) is 19.7. The summed E-state index contributed by atoms with van der Waals surface area (Å²) in [6, 6.07) is 13.3. The van der Waals surface area contributed by atoms with Crippen LogP contribution in [0, 0.1) is 5.41 Å². The molecule has 0 radical (unpaired) electrons. The van der Waals surface area contributed by atoms with Crippen molar-refractivity contribution in [2.75, 3.05) is 30.4 Å². The molecule has 0 aliphatic carbocycles. The highest BCUT2D eigenvalue weighted by Crippen LogP contribution is 2.30. The summed E-state index contributed by atoms with van der Waals surface area (Å²) in [6.45, 7) is -1.51. The van der Waals surface area contributed by atoms with E-state index in [-0.39, 0.29) is 17.8 Å². The molecule has 0 spiro atoms. The number of aromatic nitrogens is 2. The third-order valence-corrected chi connectivity index (χ3v) is 5.91. The molecule has 0 atom stereocenters. The van der Waals surface area contributed by atoms with E-state index in [0.717, 1.165) is 29.4 Å². The molecule has 1 fully saturated rings. The third kappa shape index (κ3) is 5.85. The Morgan fingerprint density at radius 1 is 1.11 bits per heavy atom. The number of nitrogens with zero attached hydrogens (tertiary/aromatic N) is 3. The van der Waals surface area contributed by atoms with Gasteiger partial charge in [-0.25, -0.2) is 4.79 Å². The number of benzene rings is 2. The van der Waals surface area contributed by atoms with Crippen LogP contribution in [0.2, 0.25) is 0 Å². The minimum absolute atomic E-state index is 0.0207. The van der Waals surface area contributed by atoms with Crippen LogP contribution in [0.3, 0.4) is 0 Å². The fourth-order valence-corrected chi connectivity index (χ4v) is 4.19. The highest BCUT2D eigenvalue weighted by Gasteiger charge is 2.24. The van der Waals surface area contributed by atoms with Crippen LogP contribution in [0.25, 0.3) is 16.5 Å². The van der Waals surface area contributed by atoms with E-state index >= 15 is 0 Å². The summed E-state index contributed by atoms with van der Waals surface area (Å²) in [7, 11) is 1.78. The molecule has 0 saturated carbocycles. The minimum Gasteiger partial charge on any atom is -0.435 e. The van der Waals surface area contributed by atoms with Crippen LogP contribution in [-0.2, 0) is 0 Å². The summed E-state index contributed by atoms with van der Waals surface area (Å²) in [5.41, 5.74) is 1.87. The molecule has 188 valence electrons. The maximum atomic E-state index is 12.4. The molecule has 4 N–H and O–H groups in total. The average molecular weight is 496 g/mol. The first-order valence-corrected chi connectivity index (χ1v) is 11.5. The number of rotatable bonds is 8. The number of allylic oxidation sites excluding steroid dienone is 1. The first-order valence-electron chi connectivity index (χ1n) is 11.5. The average Bonchev–Trinajstić information content (AvgIpc) is 2.88. The number of hydrogen-bond donors (Lipinski definition) is 4. The van der Waals surface area contributed by atoms with Gasteiger partial charge in [-0.3, -0.25) is 0 Å². The highest BCUT2D eigenvalue weighted by atomic mass is 19.3. The monoisotopic (exact) mass is 495 g/mol. The van der Waals surface area contributed by atoms with Gasteiger partial charge in [-0.2, -0.15) is 8.78 Å². The molecule has 4 rings (SSSR count). The van der Waals surface area contributed by atoms with Crippen molar-refractivity contribution in [2.45, 2.75) is 25.5 Å². The van der Waals surface area contributed by atoms with Gasteiger partial charge >= 0.3 is 12.6 Å². The lowest BCUT2D eigenvalue weighted by Crippen LogP contribution is -2.46. The number of anilines is 2. The third-order valence-electron chi connectivity index (χ3n) is 5.91. The number of piperidine rings is 1. The van der Waals surface area contributed by atoms with Gasteiger partial charge in [0.05, 0.1) is 5.70 Å². The van der Waals surface area contributed by atoms with E-state index in [4.69, 9.17) is 5.41 Å². The second-order valence-electron chi connectivity index (χ2n) is 8.18. The first-order chi connectivity index (χ1) is 17.5. The molecule has 9 nitrogen and oxygen atoms in total. The largest absolute Gasteiger partial charge is 0.435 e. The Kier molecular flexibility index (Phi) is 7.89. The molecule has 0 unspecified atom stereocenters. The Morgan fingerprint density at radius 2 is 1.81 bits per heavy atom. The van der Waals surface area contributed by atoms with E-state index in [1.54, 1.807) is 13.1 Å². The van der Waals surface area contributed by atoms with Crippen LogP contribution in [0.4, 0.5) is 25.1 Å². The Balaban J connectivity index is 1.38. The fourth-order valence-electron chi connectivity index (χ4n) is 4.19. The SMILES string of the molecule is CN/C(=C\C=N)c1nnc(N2CCC(NC(=O)Nc3ccc(OC(F)F)cc3)CC2)c2ccccc12. The van der Waals surface area contributed by atoms with Gasteiger partial charge in [0.2, 0.25) is 0 Å². The van der Waals surface area contributed by atoms with Gasteiger partial charge in [0.1, 0.15) is 11.4 Å². The van der Waals surface area contributed by atoms with Crippen molar-refractivity contribution in [3.05, 3.63) is 60.3 Å². The van der Waals surface area contributed by atoms with Gasteiger partial charge in [0.15, 0.2) is 5.82 Å². The van der Waals surface area contributed by atoms with E-state index in [1.165, 1.54) is 30.5 Å². The van der Waals surface area contributed by atoms with E-state index in [1.807, 2.05) is 24.3 Å². The van der Waals surface area contributed by atoms with Gasteiger partial charge in [-0.1, -0.05) is 24.3 Å². The quantitative estimate of drug-likeness (QED) is 0.348. The number of carbonyl (C=O) groups excluding carboxylic acids is 1. The van der Waals surface area contributed by atoms with Gasteiger partial charge in [0, 0.05) is 48.9 Å². The smallest absolute Gasteiger partial charge is 0.387 e. The van der Waals surface area contributed by atoms with Gasteiger partial charge < -0.3 is 31.0 Å². The fraction of sp³-hybridized carbons (Fsp3) is 0.280. The summed E-state index contributed by atoms with van der Waals surface area (Å²) < 4.78 is 28.9. The van der Waals surface area contributed by atoms with Gasteiger partial charge in [-0.15, -0.1) is 10.2 Å². The summed E-state index contributed by atoms with van der Waals surface area (Å²) in [5.74, 6) is 0.813. The lowest BCUT2D eigenvalue weighted by molar-refractivity contribution is -0.0498. The first kappa shape index (κ1) is 24.8. The lowest BCUT2D eigenvalue weighted by Gasteiger charge is -2.33. The molecule has 2 amide bonds. The predicted molar refractivity (Wildman–Crippen MR) is 136 cm³/mol. The molecule has 1 aromatic heterocycles. The molecule has 1 saturated heterocycles. The maximum Gasteiger partial charge on any atom is 0.387 e. The van der Waals surface area contributed by atoms with Crippen molar-refractivity contribution < 1.29 is 18.3 Å². The lowest BCUT2D eigenvalue weighted by atomic mass is 10.0. The van der Waals surface area contributed by atoms with Crippen molar-refractivity contribution >= 4 is 40.2 Å². The van der Waals surface area contributed by atoms with E-state index < -0.39 is 6.61 Å². The Morgan fingerprint density at radius 3 is 2.44 bits per heavy atom. The molecule has 11 heteroatoms. The summed E-state index contributed by atoms with van der Waals surface area (Å²) >= 11 is 0. The van der Waals surface area contributed by atoms with Crippen LogP contribution in [0.15, 0.2) is 54.6 Å². The predicted octanol–water partition coefficient (Wildman–Crippen LogP) is 4.23. The van der Waals surface area contributed by atoms with Crippen molar-refractivity contribution in [3.8, 4) is 5.75 Å². The van der Waals surface area contributed by atoms with Crippen LogP contribution >= 0.6 is 0 Å². The molecule has 36 heavy (non-hydrogen) atoms. The molecule has 2 aromatic carbocycles. The number of carbonyl (C=O) groups is 1. The molecular weight excluding hydrogens is 468 g/mol. The van der Waals surface area contributed by atoms with Crippen LogP contribution < -0.4 is 25.6 Å². The number of nitrogens with one attached hydrogen (secondary N) is 4. The normalized spacial score (nSPS) is 14.6. The van der Waals surface area contributed by atoms with E-state index in [0.29, 0.717) is 30.2 Å². The topological polar surface area (TPSA) is 115 Å². The zero-order valence-electron chi connectivity index (χ0n) is 19.7. The van der Waals surface area contributed by atoms with Crippen LogP contribution in [-0.4, -0.2) is 55.2 Å². The number of fused-ring (bicyclic) bond motifs is 1. The number of halogens is 2. The zero-order chi connectivity index (χ0) is 25.5. The molecule has 1 aliphatic rings. The summed E-state index contributed by atoms with van der Waals surface area (Å²) in [6.07, 6.45) is 4.30. The molecule has 0 bridgehead atoms. The number of amides is 2. The number of ether oxygens (including phenoxy) is 1. The molecule has 1 aliphatic heterocycles. The minimum atomic E-state index is -2.89. The number of hydrogen-bond acceptors (Lipinski definition) is 7. The molecular formula is C25H27F2N7O2. The van der Waals surface area contributed by atoms with Crippen LogP contribution in [0.5, 0.6) is 5.75 Å². The van der Waals surface area contributed by atoms with E-state index in [9.17, 15) is 13.6 Å². The van der Waals surface area contributed by atoms with Gasteiger partial charge in [0.25, 0.3) is 0 Å². The second-order valence-corrected chi connectivity index (χ2v) is 8.18. The Labute approximate surface area is 207 Å². The number of urea groups is 1. The molecule has 2 heterocycles. The summed E-state index contributed by atoms with van der Waals surface area (Å²) in [5, 5.41) is 27.0. The van der Waals surface area contributed by atoms with Crippen molar-refractivity contribution in [1.29, 1.82) is 5.41 Å². The van der Waals surface area contributed by atoms with Crippen molar-refractivity contribution in [2.24, 2.45) is 0 Å². The van der Waals surface area contributed by atoms with Crippen LogP contribution in [0.1, 0.15) is 18.5 Å². The van der Waals surface area contributed by atoms with E-state index in [2.05, 4.69) is 35.8 Å². The van der Waals surface area contributed by atoms with Crippen molar-refractivity contribution in [3.63, 3.8) is 0 Å². The Bertz CT molecular complexity index is 1240. The maximum absolute atomic E-state index is 12.4. The summed E-state index contributed by atoms with van der Waals surface area (Å²) in [4.78, 5) is 14.6. The second kappa shape index (κ2) is 11.4. The standard InChI is InChI=1S/C25H27F2N7O2/c1-29-21(10-13-28)22-19-4-2-3-5-20(19)23(33-32-22)34-14-11-17(12-15-34)31-25(35)30-16-6-8-18(9-7-16)36-24(26)27/h2-10,13,17,24,28-29H,11-12,14-15H2,1H3,(H2,30,31,35)/b21-10-,28-13?. The Hall–Kier alpha value is -4.28.